The first-order chi connectivity index (χ1) is 9.19. The van der Waals surface area contributed by atoms with Crippen molar-refractivity contribution in [2.24, 2.45) is 5.92 Å². The van der Waals surface area contributed by atoms with E-state index in [9.17, 15) is 4.79 Å². The molecule has 19 heavy (non-hydrogen) atoms. The Bertz CT molecular complexity index is 252. The molecular formula is C14H28N2O2S. The molecular weight excluding hydrogens is 260 g/mol. The smallest absolute Gasteiger partial charge is 0.237 e. The number of aliphatic hydroxyl groups is 1. The van der Waals surface area contributed by atoms with Crippen LogP contribution >= 0.6 is 11.8 Å². The summed E-state index contributed by atoms with van der Waals surface area (Å²) in [6, 6.07) is -0.0303. The molecule has 2 atom stereocenters. The molecule has 1 aliphatic heterocycles. The van der Waals surface area contributed by atoms with E-state index in [1.165, 1.54) is 0 Å². The molecule has 0 aromatic heterocycles. The van der Waals surface area contributed by atoms with Crippen molar-refractivity contribution in [2.75, 3.05) is 37.7 Å². The molecule has 0 radical (unpaired) electrons. The van der Waals surface area contributed by atoms with E-state index in [4.69, 9.17) is 5.11 Å². The van der Waals surface area contributed by atoms with Crippen LogP contribution < -0.4 is 5.32 Å². The number of carbonyl (C=O) groups excluding carboxylic acids is 1. The van der Waals surface area contributed by atoms with E-state index in [1.54, 1.807) is 0 Å². The van der Waals surface area contributed by atoms with E-state index >= 15 is 0 Å². The zero-order chi connectivity index (χ0) is 14.1. The van der Waals surface area contributed by atoms with Gasteiger partial charge in [0.05, 0.1) is 6.04 Å². The van der Waals surface area contributed by atoms with E-state index < -0.39 is 0 Å². The van der Waals surface area contributed by atoms with Crippen LogP contribution in [0, 0.1) is 5.92 Å². The van der Waals surface area contributed by atoms with Gasteiger partial charge in [-0.25, -0.2) is 0 Å². The fourth-order valence-corrected chi connectivity index (χ4v) is 3.39. The van der Waals surface area contributed by atoms with Crippen LogP contribution in [0.4, 0.5) is 0 Å². The second-order valence-electron chi connectivity index (χ2n) is 5.24. The molecule has 0 aromatic rings. The third-order valence-corrected chi connectivity index (χ3v) is 4.71. The number of rotatable bonds is 8. The number of nitrogens with one attached hydrogen (secondary N) is 1. The minimum Gasteiger partial charge on any atom is -0.396 e. The molecule has 1 saturated heterocycles. The molecule has 0 spiro atoms. The van der Waals surface area contributed by atoms with Gasteiger partial charge in [0.25, 0.3) is 0 Å². The molecule has 5 heteroatoms. The van der Waals surface area contributed by atoms with Crippen molar-refractivity contribution in [3.05, 3.63) is 0 Å². The second kappa shape index (κ2) is 9.61. The van der Waals surface area contributed by atoms with Crippen molar-refractivity contribution >= 4 is 17.7 Å². The Balaban J connectivity index is 2.31. The lowest BCUT2D eigenvalue weighted by Gasteiger charge is -2.31. The lowest BCUT2D eigenvalue weighted by atomic mass is 10.00. The van der Waals surface area contributed by atoms with Gasteiger partial charge in [0, 0.05) is 37.7 Å². The summed E-state index contributed by atoms with van der Waals surface area (Å²) in [6.07, 6.45) is 2.94. The molecule has 0 aromatic carbocycles. The van der Waals surface area contributed by atoms with Crippen LogP contribution in [0.2, 0.25) is 0 Å². The number of hydrogen-bond donors (Lipinski definition) is 2. The van der Waals surface area contributed by atoms with Gasteiger partial charge in [0.2, 0.25) is 5.91 Å². The Morgan fingerprint density at radius 1 is 1.37 bits per heavy atom. The minimum absolute atomic E-state index is 0.0303. The van der Waals surface area contributed by atoms with E-state index in [0.717, 1.165) is 43.9 Å². The molecule has 1 heterocycles. The molecule has 1 fully saturated rings. The van der Waals surface area contributed by atoms with Crippen LogP contribution in [0.3, 0.4) is 0 Å². The normalized spacial score (nSPS) is 19.9. The summed E-state index contributed by atoms with van der Waals surface area (Å²) in [6.45, 7) is 7.05. The summed E-state index contributed by atoms with van der Waals surface area (Å²) in [7, 11) is 0. The molecule has 0 aliphatic carbocycles. The van der Waals surface area contributed by atoms with Crippen molar-refractivity contribution < 1.29 is 9.90 Å². The first-order valence-corrected chi connectivity index (χ1v) is 8.54. The molecule has 1 rings (SSSR count). The van der Waals surface area contributed by atoms with Gasteiger partial charge in [0.15, 0.2) is 0 Å². The quantitative estimate of drug-likeness (QED) is 0.708. The van der Waals surface area contributed by atoms with Gasteiger partial charge in [0.1, 0.15) is 0 Å². The zero-order valence-corrected chi connectivity index (χ0v) is 13.0. The van der Waals surface area contributed by atoms with Crippen LogP contribution in [0.5, 0.6) is 0 Å². The molecule has 112 valence electrons. The predicted octanol–water partition coefficient (Wildman–Crippen LogP) is 1.34. The second-order valence-corrected chi connectivity index (χ2v) is 6.46. The summed E-state index contributed by atoms with van der Waals surface area (Å²) in [5, 5.41) is 12.1. The van der Waals surface area contributed by atoms with Crippen LogP contribution in [0.1, 0.15) is 33.1 Å². The highest BCUT2D eigenvalue weighted by atomic mass is 32.2. The fraction of sp³-hybridized carbons (Fsp3) is 0.929. The molecule has 0 saturated carbocycles. The van der Waals surface area contributed by atoms with Gasteiger partial charge >= 0.3 is 0 Å². The SMILES string of the molecule is CCCC(CCO)CNC(=O)C(C)N1CCSCC1. The number of hydrogen-bond acceptors (Lipinski definition) is 4. The van der Waals surface area contributed by atoms with E-state index in [1.807, 2.05) is 18.7 Å². The standard InChI is InChI=1S/C14H28N2O2S/c1-3-4-13(5-8-17)11-15-14(18)12(2)16-6-9-19-10-7-16/h12-13,17H,3-11H2,1-2H3,(H,15,18). The number of nitrogens with zero attached hydrogens (tertiary/aromatic N) is 1. The van der Waals surface area contributed by atoms with Crippen molar-refractivity contribution in [2.45, 2.75) is 39.2 Å². The zero-order valence-electron chi connectivity index (χ0n) is 12.2. The van der Waals surface area contributed by atoms with Crippen molar-refractivity contribution in [1.82, 2.24) is 10.2 Å². The summed E-state index contributed by atoms with van der Waals surface area (Å²) in [4.78, 5) is 14.4. The molecule has 1 aliphatic rings. The highest BCUT2D eigenvalue weighted by molar-refractivity contribution is 7.99. The minimum atomic E-state index is -0.0303. The highest BCUT2D eigenvalue weighted by Gasteiger charge is 2.23. The van der Waals surface area contributed by atoms with Crippen molar-refractivity contribution in [3.8, 4) is 0 Å². The summed E-state index contributed by atoms with van der Waals surface area (Å²) >= 11 is 1.96. The maximum atomic E-state index is 12.1. The third kappa shape index (κ3) is 6.15. The molecule has 1 amide bonds. The Morgan fingerprint density at radius 2 is 2.05 bits per heavy atom. The Morgan fingerprint density at radius 3 is 2.63 bits per heavy atom. The number of thioether (sulfide) groups is 1. The molecule has 2 N–H and O–H groups in total. The Hall–Kier alpha value is -0.260. The van der Waals surface area contributed by atoms with Crippen LogP contribution in [-0.2, 0) is 4.79 Å². The monoisotopic (exact) mass is 288 g/mol. The number of amides is 1. The maximum Gasteiger partial charge on any atom is 0.237 e. The average molecular weight is 288 g/mol. The van der Waals surface area contributed by atoms with Gasteiger partial charge in [-0.05, 0) is 25.7 Å². The maximum absolute atomic E-state index is 12.1. The van der Waals surface area contributed by atoms with Gasteiger partial charge in [-0.3, -0.25) is 9.69 Å². The first-order valence-electron chi connectivity index (χ1n) is 7.39. The Kier molecular flexibility index (Phi) is 8.50. The average Bonchev–Trinajstić information content (AvgIpc) is 2.45. The predicted molar refractivity (Wildman–Crippen MR) is 81.5 cm³/mol. The van der Waals surface area contributed by atoms with Crippen LogP contribution in [0.15, 0.2) is 0 Å². The van der Waals surface area contributed by atoms with Gasteiger partial charge in [-0.15, -0.1) is 0 Å². The highest BCUT2D eigenvalue weighted by Crippen LogP contribution is 2.13. The molecule has 4 nitrogen and oxygen atoms in total. The van der Waals surface area contributed by atoms with E-state index in [0.29, 0.717) is 12.5 Å². The lowest BCUT2D eigenvalue weighted by Crippen LogP contribution is -2.49. The molecule has 2 unspecified atom stereocenters. The first kappa shape index (κ1) is 16.8. The molecule has 0 bridgehead atoms. The number of aliphatic hydroxyl groups excluding tert-OH is 1. The summed E-state index contributed by atoms with van der Waals surface area (Å²) in [5.74, 6) is 2.79. The number of carbonyl (C=O) groups is 1. The Labute approximate surface area is 121 Å². The van der Waals surface area contributed by atoms with E-state index in [-0.39, 0.29) is 18.6 Å². The lowest BCUT2D eigenvalue weighted by molar-refractivity contribution is -0.126. The van der Waals surface area contributed by atoms with Gasteiger partial charge in [-0.1, -0.05) is 13.3 Å². The van der Waals surface area contributed by atoms with E-state index in [2.05, 4.69) is 17.1 Å². The van der Waals surface area contributed by atoms with Crippen LogP contribution in [-0.4, -0.2) is 59.7 Å². The van der Waals surface area contributed by atoms with Gasteiger partial charge in [-0.2, -0.15) is 11.8 Å². The summed E-state index contributed by atoms with van der Waals surface area (Å²) in [5.41, 5.74) is 0. The summed E-state index contributed by atoms with van der Waals surface area (Å²) < 4.78 is 0. The van der Waals surface area contributed by atoms with Crippen molar-refractivity contribution in [1.29, 1.82) is 0 Å². The van der Waals surface area contributed by atoms with Crippen molar-refractivity contribution in [3.63, 3.8) is 0 Å². The largest absolute Gasteiger partial charge is 0.396 e. The van der Waals surface area contributed by atoms with Crippen LogP contribution in [0.25, 0.3) is 0 Å². The topological polar surface area (TPSA) is 52.6 Å². The van der Waals surface area contributed by atoms with Gasteiger partial charge < -0.3 is 10.4 Å². The fourth-order valence-electron chi connectivity index (χ4n) is 2.46. The third-order valence-electron chi connectivity index (χ3n) is 3.77.